The zero-order valence-electron chi connectivity index (χ0n) is 16.4. The van der Waals surface area contributed by atoms with Gasteiger partial charge in [-0.1, -0.05) is 23.7 Å². The van der Waals surface area contributed by atoms with E-state index in [1.807, 2.05) is 62.5 Å². The van der Waals surface area contributed by atoms with Crippen molar-refractivity contribution in [2.75, 3.05) is 13.6 Å². The van der Waals surface area contributed by atoms with E-state index in [1.165, 1.54) is 0 Å². The third kappa shape index (κ3) is 4.44. The average Bonchev–Trinajstić information content (AvgIpc) is 3.42. The fourth-order valence-electron chi connectivity index (χ4n) is 3.54. The van der Waals surface area contributed by atoms with Gasteiger partial charge in [0.2, 0.25) is 0 Å². The molecule has 0 saturated heterocycles. The molecule has 150 valence electrons. The maximum absolute atomic E-state index is 13.1. The topological polar surface area (TPSA) is 63.4 Å². The summed E-state index contributed by atoms with van der Waals surface area (Å²) in [6.07, 6.45) is 2.21. The molecule has 0 saturated carbocycles. The number of hydrazone groups is 1. The molecule has 0 bridgehead atoms. The van der Waals surface area contributed by atoms with E-state index in [1.54, 1.807) is 11.3 Å². The summed E-state index contributed by atoms with van der Waals surface area (Å²) in [6, 6.07) is 14.8. The molecule has 0 fully saturated rings. The van der Waals surface area contributed by atoms with Crippen LogP contribution in [0, 0.1) is 6.92 Å². The summed E-state index contributed by atoms with van der Waals surface area (Å²) in [5.74, 6) is 2.40. The van der Waals surface area contributed by atoms with Crippen LogP contribution in [0.5, 0.6) is 0 Å². The number of rotatable bonds is 6. The molecule has 1 aromatic carbocycles. The van der Waals surface area contributed by atoms with Crippen LogP contribution < -0.4 is 4.90 Å². The molecule has 2 atom stereocenters. The Balaban J connectivity index is 1.52. The van der Waals surface area contributed by atoms with E-state index >= 15 is 0 Å². The van der Waals surface area contributed by atoms with E-state index in [0.717, 1.165) is 33.5 Å². The number of amides is 1. The standard InChI is InChI=1S/C22H22ClN3O3/c1-15-5-10-18(29-15)13-25(2)14-22(27)26-20(21-4-3-11-28-21)12-19(24-26)16-6-8-17(23)9-7-16/h3-11,20H,12-14H2,1-2H3/p+1/t20-/m0/s1. The van der Waals surface area contributed by atoms with Crippen LogP contribution in [0.3, 0.4) is 0 Å². The number of benzene rings is 1. The third-order valence-electron chi connectivity index (χ3n) is 4.94. The number of furan rings is 2. The van der Waals surface area contributed by atoms with Crippen molar-refractivity contribution in [2.24, 2.45) is 5.10 Å². The summed E-state index contributed by atoms with van der Waals surface area (Å²) in [7, 11) is 1.97. The number of halogens is 1. The average molecular weight is 413 g/mol. The van der Waals surface area contributed by atoms with Gasteiger partial charge in [-0.05, 0) is 48.9 Å². The second kappa shape index (κ2) is 8.27. The molecule has 2 aromatic heterocycles. The van der Waals surface area contributed by atoms with Crippen LogP contribution in [0.4, 0.5) is 0 Å². The van der Waals surface area contributed by atoms with Crippen LogP contribution in [0.2, 0.25) is 5.02 Å². The van der Waals surface area contributed by atoms with Gasteiger partial charge in [0, 0.05) is 11.4 Å². The highest BCUT2D eigenvalue weighted by Gasteiger charge is 2.36. The van der Waals surface area contributed by atoms with Gasteiger partial charge in [-0.2, -0.15) is 5.10 Å². The van der Waals surface area contributed by atoms with E-state index in [2.05, 4.69) is 5.10 Å². The Morgan fingerprint density at radius 3 is 2.69 bits per heavy atom. The lowest BCUT2D eigenvalue weighted by Gasteiger charge is -2.21. The fourth-order valence-corrected chi connectivity index (χ4v) is 3.66. The maximum atomic E-state index is 13.1. The third-order valence-corrected chi connectivity index (χ3v) is 5.19. The summed E-state index contributed by atoms with van der Waals surface area (Å²) < 4.78 is 11.2. The van der Waals surface area contributed by atoms with Crippen molar-refractivity contribution in [3.8, 4) is 0 Å². The lowest BCUT2D eigenvalue weighted by Crippen LogP contribution is -3.08. The molecule has 1 aliphatic rings. The van der Waals surface area contributed by atoms with Gasteiger partial charge in [0.05, 0.1) is 19.0 Å². The van der Waals surface area contributed by atoms with Gasteiger partial charge in [-0.3, -0.25) is 4.79 Å². The predicted molar refractivity (Wildman–Crippen MR) is 110 cm³/mol. The van der Waals surface area contributed by atoms with E-state index in [0.29, 0.717) is 24.5 Å². The Kier molecular flexibility index (Phi) is 5.56. The lowest BCUT2D eigenvalue weighted by atomic mass is 10.0. The second-order valence-corrected chi connectivity index (χ2v) is 7.79. The van der Waals surface area contributed by atoms with Crippen LogP contribution in [0.1, 0.15) is 35.3 Å². The van der Waals surface area contributed by atoms with Gasteiger partial charge in [-0.15, -0.1) is 0 Å². The molecular formula is C22H23ClN3O3+. The fraction of sp³-hybridized carbons (Fsp3) is 0.273. The Morgan fingerprint density at radius 1 is 1.24 bits per heavy atom. The largest absolute Gasteiger partial charge is 0.467 e. The number of carbonyl (C=O) groups is 1. The molecule has 0 spiro atoms. The van der Waals surface area contributed by atoms with Gasteiger partial charge >= 0.3 is 0 Å². The molecule has 6 nitrogen and oxygen atoms in total. The minimum Gasteiger partial charge on any atom is -0.467 e. The van der Waals surface area contributed by atoms with Crippen molar-refractivity contribution >= 4 is 23.2 Å². The van der Waals surface area contributed by atoms with Crippen molar-refractivity contribution in [2.45, 2.75) is 25.9 Å². The predicted octanol–water partition coefficient (Wildman–Crippen LogP) is 3.23. The highest BCUT2D eigenvalue weighted by Crippen LogP contribution is 2.33. The number of quaternary nitrogens is 1. The van der Waals surface area contributed by atoms with Crippen LogP contribution >= 0.6 is 11.6 Å². The highest BCUT2D eigenvalue weighted by molar-refractivity contribution is 6.30. The van der Waals surface area contributed by atoms with E-state index in [9.17, 15) is 4.79 Å². The van der Waals surface area contributed by atoms with Crippen molar-refractivity contribution in [3.05, 3.63) is 82.7 Å². The monoisotopic (exact) mass is 412 g/mol. The number of carbonyl (C=O) groups excluding carboxylic acids is 1. The number of nitrogens with zero attached hydrogens (tertiary/aromatic N) is 2. The van der Waals surface area contributed by atoms with Gasteiger partial charge in [0.15, 0.2) is 12.3 Å². The van der Waals surface area contributed by atoms with E-state index in [4.69, 9.17) is 20.4 Å². The summed E-state index contributed by atoms with van der Waals surface area (Å²) in [6.45, 7) is 2.84. The molecule has 0 aliphatic carbocycles. The molecular weight excluding hydrogens is 390 g/mol. The first-order valence-electron chi connectivity index (χ1n) is 9.55. The quantitative estimate of drug-likeness (QED) is 0.676. The van der Waals surface area contributed by atoms with E-state index < -0.39 is 0 Å². The first-order valence-corrected chi connectivity index (χ1v) is 9.93. The second-order valence-electron chi connectivity index (χ2n) is 7.35. The van der Waals surface area contributed by atoms with Crippen molar-refractivity contribution < 1.29 is 18.5 Å². The van der Waals surface area contributed by atoms with Crippen LogP contribution in [-0.2, 0) is 11.3 Å². The number of nitrogens with one attached hydrogen (secondary N) is 1. The van der Waals surface area contributed by atoms with Crippen LogP contribution in [-0.4, -0.2) is 30.2 Å². The molecule has 3 aromatic rings. The minimum atomic E-state index is -0.248. The summed E-state index contributed by atoms with van der Waals surface area (Å²) in [5.41, 5.74) is 1.80. The van der Waals surface area contributed by atoms with Gasteiger partial charge in [-0.25, -0.2) is 5.01 Å². The molecule has 1 aliphatic heterocycles. The van der Waals surface area contributed by atoms with Gasteiger partial charge in [0.25, 0.3) is 5.91 Å². The molecule has 0 radical (unpaired) electrons. The number of hydrogen-bond acceptors (Lipinski definition) is 4. The Bertz CT molecular complexity index is 1010. The van der Waals surface area contributed by atoms with Gasteiger partial charge in [0.1, 0.15) is 24.1 Å². The number of aryl methyl sites for hydroxylation is 1. The molecule has 1 amide bonds. The van der Waals surface area contributed by atoms with Crippen molar-refractivity contribution in [1.82, 2.24) is 5.01 Å². The molecule has 1 N–H and O–H groups in total. The molecule has 3 heterocycles. The summed E-state index contributed by atoms with van der Waals surface area (Å²) >= 11 is 6.00. The van der Waals surface area contributed by atoms with Crippen LogP contribution in [0.25, 0.3) is 0 Å². The molecule has 1 unspecified atom stereocenters. The highest BCUT2D eigenvalue weighted by atomic mass is 35.5. The Labute approximate surface area is 174 Å². The first-order chi connectivity index (χ1) is 14.0. The molecule has 4 rings (SSSR count). The molecule has 7 heteroatoms. The number of hydrogen-bond donors (Lipinski definition) is 1. The van der Waals surface area contributed by atoms with Gasteiger partial charge < -0.3 is 13.7 Å². The summed E-state index contributed by atoms with van der Waals surface area (Å²) in [5, 5.41) is 6.87. The first kappa shape index (κ1) is 19.5. The lowest BCUT2D eigenvalue weighted by molar-refractivity contribution is -0.886. The molecule has 29 heavy (non-hydrogen) atoms. The summed E-state index contributed by atoms with van der Waals surface area (Å²) in [4.78, 5) is 14.1. The number of likely N-dealkylation sites (N-methyl/N-ethyl adjacent to an activating group) is 1. The van der Waals surface area contributed by atoms with Crippen molar-refractivity contribution in [3.63, 3.8) is 0 Å². The van der Waals surface area contributed by atoms with Crippen LogP contribution in [0.15, 0.2) is 68.7 Å². The maximum Gasteiger partial charge on any atom is 0.298 e. The Morgan fingerprint density at radius 2 is 2.03 bits per heavy atom. The Hall–Kier alpha value is -2.83. The zero-order valence-corrected chi connectivity index (χ0v) is 17.1. The minimum absolute atomic E-state index is 0.0591. The SMILES string of the molecule is Cc1ccc(C[NH+](C)CC(=O)N2N=C(c3ccc(Cl)cc3)C[C@H]2c2ccco2)o1. The zero-order chi connectivity index (χ0) is 20.4. The van der Waals surface area contributed by atoms with E-state index in [-0.39, 0.29) is 11.9 Å². The smallest absolute Gasteiger partial charge is 0.298 e. The normalized spacial score (nSPS) is 17.4. The van der Waals surface area contributed by atoms with Crippen molar-refractivity contribution in [1.29, 1.82) is 0 Å².